The van der Waals surface area contributed by atoms with E-state index in [9.17, 15) is 0 Å². The van der Waals surface area contributed by atoms with E-state index in [4.69, 9.17) is 10.8 Å². The molecule has 0 aliphatic rings. The van der Waals surface area contributed by atoms with E-state index in [0.717, 1.165) is 24.6 Å². The monoisotopic (exact) mass is 252 g/mol. The van der Waals surface area contributed by atoms with Gasteiger partial charge in [-0.05, 0) is 11.8 Å². The Balaban J connectivity index is 2.73. The minimum atomic E-state index is 0.0203. The van der Waals surface area contributed by atoms with Crippen LogP contribution in [0.15, 0.2) is 6.07 Å². The van der Waals surface area contributed by atoms with Gasteiger partial charge in [-0.2, -0.15) is 0 Å². The Hall–Kier alpha value is -1.36. The van der Waals surface area contributed by atoms with Gasteiger partial charge in [-0.15, -0.1) is 0 Å². The third kappa shape index (κ3) is 4.49. The summed E-state index contributed by atoms with van der Waals surface area (Å²) in [5.74, 6) is 2.23. The van der Waals surface area contributed by atoms with Gasteiger partial charge in [0.1, 0.15) is 17.5 Å². The van der Waals surface area contributed by atoms with Gasteiger partial charge in [0.2, 0.25) is 0 Å². The van der Waals surface area contributed by atoms with Crippen LogP contribution in [0, 0.1) is 5.41 Å². The molecule has 0 saturated carbocycles. The molecule has 0 bridgehead atoms. The van der Waals surface area contributed by atoms with Crippen LogP contribution in [-0.4, -0.2) is 28.2 Å². The quantitative estimate of drug-likeness (QED) is 0.721. The second kappa shape index (κ2) is 6.00. The van der Waals surface area contributed by atoms with Crippen LogP contribution in [0.25, 0.3) is 0 Å². The van der Waals surface area contributed by atoms with Crippen LogP contribution in [0.5, 0.6) is 0 Å². The van der Waals surface area contributed by atoms with Crippen LogP contribution < -0.4 is 11.1 Å². The first-order chi connectivity index (χ1) is 8.34. The number of anilines is 2. The lowest BCUT2D eigenvalue weighted by Gasteiger charge is -2.24. The molecule has 1 rings (SSSR count). The van der Waals surface area contributed by atoms with Gasteiger partial charge in [-0.1, -0.05) is 27.7 Å². The summed E-state index contributed by atoms with van der Waals surface area (Å²) in [6.07, 6.45) is 0.748. The molecule has 1 aromatic rings. The molecule has 1 aromatic heterocycles. The van der Waals surface area contributed by atoms with Crippen molar-refractivity contribution in [3.63, 3.8) is 0 Å². The van der Waals surface area contributed by atoms with Crippen molar-refractivity contribution in [1.82, 2.24) is 9.97 Å². The van der Waals surface area contributed by atoms with E-state index in [2.05, 4.69) is 29.1 Å². The Kier molecular flexibility index (Phi) is 4.90. The summed E-state index contributed by atoms with van der Waals surface area (Å²) in [6, 6.07) is 1.74. The van der Waals surface area contributed by atoms with Crippen molar-refractivity contribution in [1.29, 1.82) is 0 Å². The van der Waals surface area contributed by atoms with Gasteiger partial charge in [0.05, 0.1) is 0 Å². The van der Waals surface area contributed by atoms with Crippen LogP contribution in [0.3, 0.4) is 0 Å². The fourth-order valence-corrected chi connectivity index (χ4v) is 1.55. The number of aliphatic hydroxyl groups excluding tert-OH is 1. The molecule has 102 valence electrons. The van der Waals surface area contributed by atoms with Crippen molar-refractivity contribution in [2.24, 2.45) is 5.41 Å². The van der Waals surface area contributed by atoms with Gasteiger partial charge < -0.3 is 16.2 Å². The number of nitrogens with zero attached hydrogens (tertiary/aromatic N) is 2. The standard InChI is InChI=1S/C13H24N4O/c1-9(2)12-16-10(14)7-11(17-12)15-8-13(3,4)5-6-18/h7,9,18H,5-6,8H2,1-4H3,(H3,14,15,16,17). The predicted molar refractivity (Wildman–Crippen MR) is 74.5 cm³/mol. The minimum absolute atomic E-state index is 0.0203. The van der Waals surface area contributed by atoms with E-state index in [-0.39, 0.29) is 17.9 Å². The summed E-state index contributed by atoms with van der Waals surface area (Å²) in [4.78, 5) is 8.63. The smallest absolute Gasteiger partial charge is 0.135 e. The Morgan fingerprint density at radius 3 is 2.61 bits per heavy atom. The maximum absolute atomic E-state index is 8.99. The first-order valence-electron chi connectivity index (χ1n) is 6.33. The average molecular weight is 252 g/mol. The van der Waals surface area contributed by atoms with E-state index in [1.807, 2.05) is 13.8 Å². The van der Waals surface area contributed by atoms with Gasteiger partial charge in [-0.25, -0.2) is 9.97 Å². The summed E-state index contributed by atoms with van der Waals surface area (Å²) in [7, 11) is 0. The number of nitrogens with one attached hydrogen (secondary N) is 1. The first-order valence-corrected chi connectivity index (χ1v) is 6.33. The molecule has 0 amide bonds. The number of hydrogen-bond donors (Lipinski definition) is 3. The van der Waals surface area contributed by atoms with Crippen molar-refractivity contribution < 1.29 is 5.11 Å². The van der Waals surface area contributed by atoms with Crippen LogP contribution in [0.2, 0.25) is 0 Å². The normalized spacial score (nSPS) is 11.9. The first kappa shape index (κ1) is 14.7. The number of hydrogen-bond acceptors (Lipinski definition) is 5. The summed E-state index contributed by atoms with van der Waals surface area (Å²) in [6.45, 7) is 9.20. The zero-order valence-corrected chi connectivity index (χ0v) is 11.7. The molecule has 5 heteroatoms. The molecule has 0 radical (unpaired) electrons. The zero-order valence-electron chi connectivity index (χ0n) is 11.7. The molecule has 18 heavy (non-hydrogen) atoms. The molecule has 5 nitrogen and oxygen atoms in total. The molecule has 0 atom stereocenters. The number of aromatic nitrogens is 2. The van der Waals surface area contributed by atoms with Crippen molar-refractivity contribution in [3.05, 3.63) is 11.9 Å². The number of aliphatic hydroxyl groups is 1. The number of nitrogens with two attached hydrogens (primary N) is 1. The third-order valence-corrected chi connectivity index (χ3v) is 2.82. The van der Waals surface area contributed by atoms with E-state index in [0.29, 0.717) is 5.82 Å². The number of rotatable bonds is 6. The lowest BCUT2D eigenvalue weighted by molar-refractivity contribution is 0.220. The largest absolute Gasteiger partial charge is 0.396 e. The summed E-state index contributed by atoms with van der Waals surface area (Å²) in [5.41, 5.74) is 5.78. The molecule has 4 N–H and O–H groups in total. The highest BCUT2D eigenvalue weighted by atomic mass is 16.3. The lowest BCUT2D eigenvalue weighted by Crippen LogP contribution is -2.25. The van der Waals surface area contributed by atoms with Crippen molar-refractivity contribution >= 4 is 11.6 Å². The van der Waals surface area contributed by atoms with E-state index >= 15 is 0 Å². The number of nitrogen functional groups attached to an aromatic ring is 1. The molecule has 0 aliphatic carbocycles. The topological polar surface area (TPSA) is 84.1 Å². The SMILES string of the molecule is CC(C)c1nc(N)cc(NCC(C)(C)CCO)n1. The fraction of sp³-hybridized carbons (Fsp3) is 0.692. The molecular formula is C13H24N4O. The maximum Gasteiger partial charge on any atom is 0.135 e. The van der Waals surface area contributed by atoms with Crippen molar-refractivity contribution in [3.8, 4) is 0 Å². The van der Waals surface area contributed by atoms with Gasteiger partial charge in [0.15, 0.2) is 0 Å². The molecule has 0 spiro atoms. The van der Waals surface area contributed by atoms with E-state index in [1.165, 1.54) is 0 Å². The van der Waals surface area contributed by atoms with E-state index < -0.39 is 0 Å². The average Bonchev–Trinajstić information content (AvgIpc) is 2.26. The highest BCUT2D eigenvalue weighted by molar-refractivity contribution is 5.45. The second-order valence-corrected chi connectivity index (χ2v) is 5.68. The maximum atomic E-state index is 8.99. The van der Waals surface area contributed by atoms with Gasteiger partial charge >= 0.3 is 0 Å². The highest BCUT2D eigenvalue weighted by Crippen LogP contribution is 2.21. The van der Waals surface area contributed by atoms with E-state index in [1.54, 1.807) is 6.07 Å². The van der Waals surface area contributed by atoms with Gasteiger partial charge in [-0.3, -0.25) is 0 Å². The Bertz CT molecular complexity index is 391. The molecule has 1 heterocycles. The zero-order chi connectivity index (χ0) is 13.8. The molecule has 0 aliphatic heterocycles. The molecular weight excluding hydrogens is 228 g/mol. The molecule has 0 saturated heterocycles. The van der Waals surface area contributed by atoms with Gasteiger partial charge in [0, 0.05) is 25.1 Å². The second-order valence-electron chi connectivity index (χ2n) is 5.68. The Labute approximate surface area is 109 Å². The highest BCUT2D eigenvalue weighted by Gasteiger charge is 2.17. The van der Waals surface area contributed by atoms with Crippen molar-refractivity contribution in [2.75, 3.05) is 24.2 Å². The van der Waals surface area contributed by atoms with Crippen LogP contribution in [-0.2, 0) is 0 Å². The predicted octanol–water partition coefficient (Wildman–Crippen LogP) is 2.00. The Morgan fingerprint density at radius 2 is 2.06 bits per heavy atom. The van der Waals surface area contributed by atoms with Crippen molar-refractivity contribution in [2.45, 2.75) is 40.0 Å². The minimum Gasteiger partial charge on any atom is -0.396 e. The molecule has 0 aromatic carbocycles. The fourth-order valence-electron chi connectivity index (χ4n) is 1.55. The summed E-state index contributed by atoms with van der Waals surface area (Å²) >= 11 is 0. The summed E-state index contributed by atoms with van der Waals surface area (Å²) < 4.78 is 0. The third-order valence-electron chi connectivity index (χ3n) is 2.82. The van der Waals surface area contributed by atoms with Crippen LogP contribution in [0.1, 0.15) is 45.9 Å². The van der Waals surface area contributed by atoms with Crippen LogP contribution in [0.4, 0.5) is 11.6 Å². The molecule has 0 unspecified atom stereocenters. The molecule has 0 fully saturated rings. The van der Waals surface area contributed by atoms with Gasteiger partial charge in [0.25, 0.3) is 0 Å². The summed E-state index contributed by atoms with van der Waals surface area (Å²) in [5, 5.41) is 12.3. The van der Waals surface area contributed by atoms with Crippen LogP contribution >= 0.6 is 0 Å². The lowest BCUT2D eigenvalue weighted by atomic mass is 9.90. The Morgan fingerprint density at radius 1 is 1.39 bits per heavy atom.